The predicted molar refractivity (Wildman–Crippen MR) is 175 cm³/mol. The number of amides is 3. The van der Waals surface area contributed by atoms with Gasteiger partial charge in [-0.2, -0.15) is 13.2 Å². The molecule has 242 valence electrons. The lowest BCUT2D eigenvalue weighted by Crippen LogP contribution is -2.45. The van der Waals surface area contributed by atoms with E-state index in [1.165, 1.54) is 23.3 Å². The van der Waals surface area contributed by atoms with Crippen LogP contribution in [0.15, 0.2) is 66.7 Å². The molecule has 0 spiro atoms. The number of urea groups is 1. The number of carbonyl (C=O) groups excluding carboxylic acids is 2. The van der Waals surface area contributed by atoms with Gasteiger partial charge in [0.25, 0.3) is 5.91 Å². The molecule has 1 fully saturated rings. The van der Waals surface area contributed by atoms with Crippen molar-refractivity contribution in [3.63, 3.8) is 0 Å². The minimum atomic E-state index is -4.41. The van der Waals surface area contributed by atoms with Gasteiger partial charge < -0.3 is 15.5 Å². The third kappa shape index (κ3) is 8.87. The molecule has 0 aliphatic carbocycles. The zero-order valence-corrected chi connectivity index (χ0v) is 26.6. The molecule has 0 saturated carbocycles. The summed E-state index contributed by atoms with van der Waals surface area (Å²) in [5, 5.41) is 6.14. The molecule has 1 saturated heterocycles. The number of hydrogen-bond donors (Lipinski definition) is 2. The van der Waals surface area contributed by atoms with Gasteiger partial charge in [-0.15, -0.1) is 0 Å². The van der Waals surface area contributed by atoms with E-state index >= 15 is 0 Å². The number of carbonyl (C=O) groups is 2. The van der Waals surface area contributed by atoms with Gasteiger partial charge in [0.05, 0.1) is 11.3 Å². The number of para-hydroxylation sites is 1. The molecule has 0 bridgehead atoms. The molecule has 0 unspecified atom stereocenters. The molecule has 4 rings (SSSR count). The topological polar surface area (TPSA) is 64.7 Å². The molecule has 0 aromatic heterocycles. The van der Waals surface area contributed by atoms with Gasteiger partial charge in [0.1, 0.15) is 0 Å². The number of anilines is 1. The molecule has 0 atom stereocenters. The highest BCUT2D eigenvalue weighted by molar-refractivity contribution is 6.01. The molecule has 9 heteroatoms. The summed E-state index contributed by atoms with van der Waals surface area (Å²) >= 11 is 0. The molecule has 1 aliphatic rings. The highest BCUT2D eigenvalue weighted by Crippen LogP contribution is 2.32. The minimum Gasteiger partial charge on any atom is -0.349 e. The molecule has 3 aromatic rings. The van der Waals surface area contributed by atoms with Crippen LogP contribution in [0.4, 0.5) is 23.7 Å². The quantitative estimate of drug-likeness (QED) is 0.204. The SMILES string of the molecule is CCNC(=O)N(CCCCN1CCC(NC(=O)c2ccccc2-c2ccc(C(F)(F)F)cc2)CC1)c1c(CC)cccc1CC. The number of halogens is 3. The predicted octanol–water partition coefficient (Wildman–Crippen LogP) is 7.71. The smallest absolute Gasteiger partial charge is 0.349 e. The van der Waals surface area contributed by atoms with Crippen LogP contribution in [0.1, 0.15) is 73.5 Å². The van der Waals surface area contributed by atoms with Gasteiger partial charge in [-0.25, -0.2) is 4.79 Å². The van der Waals surface area contributed by atoms with Crippen LogP contribution in [-0.4, -0.2) is 55.6 Å². The average Bonchev–Trinajstić information content (AvgIpc) is 3.05. The number of nitrogens with zero attached hydrogens (tertiary/aromatic N) is 2. The van der Waals surface area contributed by atoms with Crippen LogP contribution in [0.25, 0.3) is 11.1 Å². The first-order valence-corrected chi connectivity index (χ1v) is 16.1. The van der Waals surface area contributed by atoms with E-state index in [2.05, 4.69) is 47.6 Å². The minimum absolute atomic E-state index is 0.0284. The Kier molecular flexibility index (Phi) is 12.0. The summed E-state index contributed by atoms with van der Waals surface area (Å²) in [4.78, 5) is 30.7. The van der Waals surface area contributed by atoms with E-state index in [0.717, 1.165) is 76.0 Å². The van der Waals surface area contributed by atoms with Gasteiger partial charge in [0, 0.05) is 37.8 Å². The van der Waals surface area contributed by atoms with Gasteiger partial charge >= 0.3 is 12.2 Å². The van der Waals surface area contributed by atoms with Crippen LogP contribution >= 0.6 is 0 Å². The first kappa shape index (κ1) is 34.0. The summed E-state index contributed by atoms with van der Waals surface area (Å²) in [6.07, 6.45) is 0.816. The van der Waals surface area contributed by atoms with Gasteiger partial charge in [-0.3, -0.25) is 9.69 Å². The van der Waals surface area contributed by atoms with Crippen molar-refractivity contribution in [1.29, 1.82) is 0 Å². The Hall–Kier alpha value is -3.85. The summed E-state index contributed by atoms with van der Waals surface area (Å²) in [5.74, 6) is -0.215. The Bertz CT molecular complexity index is 1390. The highest BCUT2D eigenvalue weighted by atomic mass is 19.4. The van der Waals surface area contributed by atoms with Gasteiger partial charge in [-0.05, 0) is 92.4 Å². The number of aryl methyl sites for hydroxylation is 2. The zero-order valence-electron chi connectivity index (χ0n) is 26.6. The number of alkyl halides is 3. The van der Waals surface area contributed by atoms with Crippen LogP contribution in [0.5, 0.6) is 0 Å². The molecular weight excluding hydrogens is 577 g/mol. The second-order valence-corrected chi connectivity index (χ2v) is 11.5. The van der Waals surface area contributed by atoms with Crippen LogP contribution in [0.3, 0.4) is 0 Å². The summed E-state index contributed by atoms with van der Waals surface area (Å²) in [7, 11) is 0. The van der Waals surface area contributed by atoms with Gasteiger partial charge in [0.2, 0.25) is 0 Å². The molecule has 3 aromatic carbocycles. The summed E-state index contributed by atoms with van der Waals surface area (Å²) in [6.45, 7) is 10.1. The molecule has 1 aliphatic heterocycles. The molecule has 6 nitrogen and oxygen atoms in total. The van der Waals surface area contributed by atoms with Crippen LogP contribution in [0, 0.1) is 0 Å². The maximum absolute atomic E-state index is 13.3. The molecule has 0 radical (unpaired) electrons. The number of unbranched alkanes of at least 4 members (excludes halogenated alkanes) is 1. The third-order valence-electron chi connectivity index (χ3n) is 8.53. The lowest BCUT2D eigenvalue weighted by Gasteiger charge is -2.33. The molecule has 2 N–H and O–H groups in total. The van der Waals surface area contributed by atoms with E-state index in [-0.39, 0.29) is 18.0 Å². The Balaban J connectivity index is 1.28. The van der Waals surface area contributed by atoms with Crippen molar-refractivity contribution >= 4 is 17.6 Å². The third-order valence-corrected chi connectivity index (χ3v) is 8.53. The zero-order chi connectivity index (χ0) is 32.4. The van der Waals surface area contributed by atoms with Crippen molar-refractivity contribution in [3.05, 3.63) is 89.0 Å². The fourth-order valence-corrected chi connectivity index (χ4v) is 6.06. The average molecular weight is 623 g/mol. The maximum atomic E-state index is 13.3. The number of likely N-dealkylation sites (tertiary alicyclic amines) is 1. The first-order valence-electron chi connectivity index (χ1n) is 16.1. The highest BCUT2D eigenvalue weighted by Gasteiger charge is 2.30. The largest absolute Gasteiger partial charge is 0.416 e. The second-order valence-electron chi connectivity index (χ2n) is 11.5. The summed E-state index contributed by atoms with van der Waals surface area (Å²) < 4.78 is 39.1. The van der Waals surface area contributed by atoms with E-state index in [9.17, 15) is 22.8 Å². The summed E-state index contributed by atoms with van der Waals surface area (Å²) in [5.41, 5.74) is 4.33. The van der Waals surface area contributed by atoms with E-state index < -0.39 is 11.7 Å². The lowest BCUT2D eigenvalue weighted by molar-refractivity contribution is -0.137. The fourth-order valence-electron chi connectivity index (χ4n) is 6.06. The van der Waals surface area contributed by atoms with Crippen molar-refractivity contribution in [2.45, 2.75) is 71.5 Å². The Morgan fingerprint density at radius 3 is 2.11 bits per heavy atom. The van der Waals surface area contributed by atoms with Gasteiger partial charge in [-0.1, -0.05) is 62.4 Å². The standard InChI is InChI=1S/C36H45F3N4O2/c1-4-26-12-11-13-27(5-2)33(26)43(35(45)40-6-3)23-10-9-22-42-24-20-30(21-25-42)41-34(44)32-15-8-7-14-31(32)28-16-18-29(19-17-28)36(37,38)39/h7-8,11-19,30H,4-6,9-10,20-25H2,1-3H3,(H,40,45)(H,41,44). The van der Waals surface area contributed by atoms with Crippen molar-refractivity contribution < 1.29 is 22.8 Å². The van der Waals surface area contributed by atoms with Crippen molar-refractivity contribution in [2.75, 3.05) is 37.6 Å². The number of piperidine rings is 1. The van der Waals surface area contributed by atoms with Crippen molar-refractivity contribution in [1.82, 2.24) is 15.5 Å². The Labute approximate surface area is 265 Å². The van der Waals surface area contributed by atoms with Crippen LogP contribution in [-0.2, 0) is 19.0 Å². The molecule has 45 heavy (non-hydrogen) atoms. The first-order chi connectivity index (χ1) is 21.7. The van der Waals surface area contributed by atoms with Crippen LogP contribution in [0.2, 0.25) is 0 Å². The Morgan fingerprint density at radius 1 is 0.867 bits per heavy atom. The van der Waals surface area contributed by atoms with Crippen molar-refractivity contribution in [2.24, 2.45) is 0 Å². The molecule has 3 amide bonds. The fraction of sp³-hybridized carbons (Fsp3) is 0.444. The van der Waals surface area contributed by atoms with Crippen molar-refractivity contribution in [3.8, 4) is 11.1 Å². The van der Waals surface area contributed by atoms with E-state index in [1.807, 2.05) is 11.8 Å². The van der Waals surface area contributed by atoms with Gasteiger partial charge in [0.15, 0.2) is 0 Å². The Morgan fingerprint density at radius 2 is 1.51 bits per heavy atom. The molecular formula is C36H45F3N4O2. The number of benzene rings is 3. The van der Waals surface area contributed by atoms with E-state index in [1.54, 1.807) is 24.3 Å². The number of rotatable bonds is 12. The molecule has 1 heterocycles. The number of nitrogens with one attached hydrogen (secondary N) is 2. The monoisotopic (exact) mass is 622 g/mol. The van der Waals surface area contributed by atoms with E-state index in [4.69, 9.17) is 0 Å². The second kappa shape index (κ2) is 15.9. The summed E-state index contributed by atoms with van der Waals surface area (Å²) in [6, 6.07) is 18.2. The maximum Gasteiger partial charge on any atom is 0.416 e. The lowest BCUT2D eigenvalue weighted by atomic mass is 9.97. The number of hydrogen-bond acceptors (Lipinski definition) is 3. The van der Waals surface area contributed by atoms with Crippen LogP contribution < -0.4 is 15.5 Å². The normalized spacial score (nSPS) is 14.3. The van der Waals surface area contributed by atoms with E-state index in [0.29, 0.717) is 29.8 Å².